The lowest BCUT2D eigenvalue weighted by atomic mass is 10.1. The van der Waals surface area contributed by atoms with Crippen LogP contribution in [0.15, 0.2) is 24.3 Å². The number of ketones is 1. The van der Waals surface area contributed by atoms with Crippen LogP contribution in [0.3, 0.4) is 0 Å². The normalized spacial score (nSPS) is 11.2. The molecule has 1 aromatic carbocycles. The van der Waals surface area contributed by atoms with Gasteiger partial charge in [0.2, 0.25) is 0 Å². The van der Waals surface area contributed by atoms with Crippen LogP contribution in [0.1, 0.15) is 27.3 Å². The van der Waals surface area contributed by atoms with E-state index >= 15 is 0 Å². The molecule has 0 amide bonds. The summed E-state index contributed by atoms with van der Waals surface area (Å²) < 4.78 is 28.1. The van der Waals surface area contributed by atoms with Gasteiger partial charge in [-0.05, 0) is 44.2 Å². The number of allylic oxidation sites excluding steroid dienone is 1. The molecule has 0 aliphatic heterocycles. The first-order chi connectivity index (χ1) is 9.40. The standard InChI is InChI=1S/C15H14F2N2O/c1-9-15(10(2)19(3)18-9)14(20)7-4-11-8-12(16)5-6-13(11)17/h4-8H,1-3H3/b7-4+. The van der Waals surface area contributed by atoms with E-state index in [0.717, 1.165) is 23.9 Å². The van der Waals surface area contributed by atoms with Crippen LogP contribution >= 0.6 is 0 Å². The van der Waals surface area contributed by atoms with Gasteiger partial charge in [0.15, 0.2) is 5.78 Å². The topological polar surface area (TPSA) is 34.9 Å². The number of aromatic nitrogens is 2. The van der Waals surface area contributed by atoms with Crippen molar-refractivity contribution in [1.29, 1.82) is 0 Å². The van der Waals surface area contributed by atoms with Crippen molar-refractivity contribution >= 4 is 11.9 Å². The van der Waals surface area contributed by atoms with Gasteiger partial charge < -0.3 is 0 Å². The zero-order valence-corrected chi connectivity index (χ0v) is 11.4. The molecular formula is C15H14F2N2O. The Balaban J connectivity index is 2.32. The molecule has 0 aliphatic rings. The van der Waals surface area contributed by atoms with Gasteiger partial charge in [0.1, 0.15) is 11.6 Å². The number of hydrogen-bond acceptors (Lipinski definition) is 2. The molecule has 2 rings (SSSR count). The predicted octanol–water partition coefficient (Wildman–Crippen LogP) is 3.21. The number of hydrogen-bond donors (Lipinski definition) is 0. The average Bonchev–Trinajstić information content (AvgIpc) is 2.64. The van der Waals surface area contributed by atoms with Crippen LogP contribution in [0.4, 0.5) is 8.78 Å². The minimum Gasteiger partial charge on any atom is -0.289 e. The van der Waals surface area contributed by atoms with Gasteiger partial charge in [0.25, 0.3) is 0 Å². The van der Waals surface area contributed by atoms with E-state index in [0.29, 0.717) is 11.3 Å². The Kier molecular flexibility index (Phi) is 3.79. The lowest BCUT2D eigenvalue weighted by Crippen LogP contribution is -1.99. The van der Waals surface area contributed by atoms with E-state index in [9.17, 15) is 13.6 Å². The van der Waals surface area contributed by atoms with E-state index in [1.165, 1.54) is 12.2 Å². The molecule has 1 heterocycles. The molecule has 0 fully saturated rings. The van der Waals surface area contributed by atoms with E-state index in [2.05, 4.69) is 5.10 Å². The van der Waals surface area contributed by atoms with Gasteiger partial charge in [-0.1, -0.05) is 0 Å². The second-order valence-corrected chi connectivity index (χ2v) is 4.53. The van der Waals surface area contributed by atoms with E-state index in [1.807, 2.05) is 0 Å². The van der Waals surface area contributed by atoms with Crippen molar-refractivity contribution in [3.05, 3.63) is 58.4 Å². The number of rotatable bonds is 3. The van der Waals surface area contributed by atoms with Crippen molar-refractivity contribution < 1.29 is 13.6 Å². The monoisotopic (exact) mass is 276 g/mol. The maximum absolute atomic E-state index is 13.4. The van der Waals surface area contributed by atoms with Crippen LogP contribution in [0.5, 0.6) is 0 Å². The highest BCUT2D eigenvalue weighted by Crippen LogP contribution is 2.15. The number of carbonyl (C=O) groups is 1. The molecular weight excluding hydrogens is 262 g/mol. The van der Waals surface area contributed by atoms with E-state index in [1.54, 1.807) is 25.6 Å². The summed E-state index contributed by atoms with van der Waals surface area (Å²) in [6, 6.07) is 3.10. The number of benzene rings is 1. The van der Waals surface area contributed by atoms with E-state index in [4.69, 9.17) is 0 Å². The summed E-state index contributed by atoms with van der Waals surface area (Å²) >= 11 is 0. The van der Waals surface area contributed by atoms with Crippen LogP contribution < -0.4 is 0 Å². The molecule has 20 heavy (non-hydrogen) atoms. The SMILES string of the molecule is Cc1nn(C)c(C)c1C(=O)/C=C/c1cc(F)ccc1F. The third-order valence-electron chi connectivity index (χ3n) is 3.13. The fraction of sp³-hybridized carbons (Fsp3) is 0.200. The molecule has 104 valence electrons. The third kappa shape index (κ3) is 2.66. The lowest BCUT2D eigenvalue weighted by Gasteiger charge is -1.98. The van der Waals surface area contributed by atoms with Gasteiger partial charge in [0.05, 0.1) is 11.3 Å². The minimum atomic E-state index is -0.574. The fourth-order valence-corrected chi connectivity index (χ4v) is 2.02. The molecule has 0 N–H and O–H groups in total. The van der Waals surface area contributed by atoms with Crippen molar-refractivity contribution in [2.24, 2.45) is 7.05 Å². The Hall–Kier alpha value is -2.30. The Labute approximate surface area is 115 Å². The molecule has 0 saturated carbocycles. The van der Waals surface area contributed by atoms with Crippen molar-refractivity contribution in [2.75, 3.05) is 0 Å². The second kappa shape index (κ2) is 5.36. The largest absolute Gasteiger partial charge is 0.289 e. The number of carbonyl (C=O) groups excluding carboxylic acids is 1. The fourth-order valence-electron chi connectivity index (χ4n) is 2.02. The Morgan fingerprint density at radius 3 is 2.60 bits per heavy atom. The van der Waals surface area contributed by atoms with Gasteiger partial charge >= 0.3 is 0 Å². The zero-order chi connectivity index (χ0) is 14.9. The molecule has 0 bridgehead atoms. The zero-order valence-electron chi connectivity index (χ0n) is 11.4. The third-order valence-corrected chi connectivity index (χ3v) is 3.13. The second-order valence-electron chi connectivity index (χ2n) is 4.53. The number of aryl methyl sites for hydroxylation is 2. The van der Waals surface area contributed by atoms with Crippen LogP contribution in [0, 0.1) is 25.5 Å². The molecule has 0 saturated heterocycles. The van der Waals surface area contributed by atoms with Crippen LogP contribution in [0.2, 0.25) is 0 Å². The van der Waals surface area contributed by atoms with Crippen molar-refractivity contribution in [3.63, 3.8) is 0 Å². The summed E-state index contributed by atoms with van der Waals surface area (Å²) in [7, 11) is 1.75. The molecule has 5 heteroatoms. The number of halogens is 2. The molecule has 0 radical (unpaired) electrons. The molecule has 0 unspecified atom stereocenters. The van der Waals surface area contributed by atoms with Crippen molar-refractivity contribution in [2.45, 2.75) is 13.8 Å². The van der Waals surface area contributed by atoms with Crippen LogP contribution in [-0.4, -0.2) is 15.6 Å². The minimum absolute atomic E-state index is 0.0394. The first kappa shape index (κ1) is 14.1. The highest BCUT2D eigenvalue weighted by atomic mass is 19.1. The van der Waals surface area contributed by atoms with Crippen LogP contribution in [-0.2, 0) is 7.05 Å². The maximum atomic E-state index is 13.4. The van der Waals surface area contributed by atoms with Gasteiger partial charge in [-0.3, -0.25) is 9.48 Å². The smallest absolute Gasteiger partial charge is 0.189 e. The van der Waals surface area contributed by atoms with Crippen molar-refractivity contribution in [1.82, 2.24) is 9.78 Å². The van der Waals surface area contributed by atoms with E-state index in [-0.39, 0.29) is 11.3 Å². The predicted molar refractivity (Wildman–Crippen MR) is 72.4 cm³/mol. The summed E-state index contributed by atoms with van der Waals surface area (Å²) in [5.74, 6) is -1.40. The summed E-state index contributed by atoms with van der Waals surface area (Å²) in [6.07, 6.45) is 2.50. The molecule has 3 nitrogen and oxygen atoms in total. The summed E-state index contributed by atoms with van der Waals surface area (Å²) in [4.78, 5) is 12.1. The van der Waals surface area contributed by atoms with Gasteiger partial charge in [0, 0.05) is 18.3 Å². The highest BCUT2D eigenvalue weighted by molar-refractivity contribution is 6.08. The van der Waals surface area contributed by atoms with Crippen LogP contribution in [0.25, 0.3) is 6.08 Å². The number of nitrogens with zero attached hydrogens (tertiary/aromatic N) is 2. The molecule has 1 aromatic heterocycles. The Morgan fingerprint density at radius 1 is 1.30 bits per heavy atom. The van der Waals surface area contributed by atoms with Gasteiger partial charge in [-0.15, -0.1) is 0 Å². The molecule has 0 aliphatic carbocycles. The average molecular weight is 276 g/mol. The first-order valence-corrected chi connectivity index (χ1v) is 6.08. The maximum Gasteiger partial charge on any atom is 0.189 e. The van der Waals surface area contributed by atoms with Crippen molar-refractivity contribution in [3.8, 4) is 0 Å². The summed E-state index contributed by atoms with van der Waals surface area (Å²) in [5, 5.41) is 4.15. The summed E-state index contributed by atoms with van der Waals surface area (Å²) in [5.41, 5.74) is 1.87. The Bertz CT molecular complexity index is 702. The highest BCUT2D eigenvalue weighted by Gasteiger charge is 2.15. The van der Waals surface area contributed by atoms with Gasteiger partial charge in [-0.2, -0.15) is 5.10 Å². The Morgan fingerprint density at radius 2 is 2.00 bits per heavy atom. The molecule has 0 spiro atoms. The molecule has 2 aromatic rings. The van der Waals surface area contributed by atoms with Gasteiger partial charge in [-0.25, -0.2) is 8.78 Å². The molecule has 0 atom stereocenters. The summed E-state index contributed by atoms with van der Waals surface area (Å²) in [6.45, 7) is 3.51. The first-order valence-electron chi connectivity index (χ1n) is 6.08. The quantitative estimate of drug-likeness (QED) is 0.637. The lowest BCUT2D eigenvalue weighted by molar-refractivity contribution is 0.104. The van der Waals surface area contributed by atoms with E-state index < -0.39 is 11.6 Å².